The Balaban J connectivity index is 1.77. The predicted octanol–water partition coefficient (Wildman–Crippen LogP) is 1.79. The number of amides is 1. The zero-order chi connectivity index (χ0) is 12.4. The molecule has 18 heavy (non-hydrogen) atoms. The highest BCUT2D eigenvalue weighted by Gasteiger charge is 2.36. The molecule has 1 aromatic carbocycles. The van der Waals surface area contributed by atoms with Crippen LogP contribution in [-0.4, -0.2) is 29.9 Å². The largest absolute Gasteiger partial charge is 0.335 e. The third-order valence-electron chi connectivity index (χ3n) is 4.21. The van der Waals surface area contributed by atoms with E-state index in [4.69, 9.17) is 0 Å². The highest BCUT2D eigenvalue weighted by molar-refractivity contribution is 5.77. The molecule has 2 aliphatic heterocycles. The van der Waals surface area contributed by atoms with Gasteiger partial charge in [-0.1, -0.05) is 30.3 Å². The van der Waals surface area contributed by atoms with Crippen molar-refractivity contribution in [2.45, 2.75) is 31.8 Å². The van der Waals surface area contributed by atoms with E-state index in [1.165, 1.54) is 5.56 Å². The van der Waals surface area contributed by atoms with E-state index in [2.05, 4.69) is 22.3 Å². The van der Waals surface area contributed by atoms with Crippen LogP contribution in [0.4, 0.5) is 0 Å². The maximum Gasteiger partial charge on any atom is 0.223 e. The molecule has 2 saturated heterocycles. The summed E-state index contributed by atoms with van der Waals surface area (Å²) in [5, 5.41) is 3.45. The van der Waals surface area contributed by atoms with Crippen LogP contribution in [0.2, 0.25) is 0 Å². The summed E-state index contributed by atoms with van der Waals surface area (Å²) in [4.78, 5) is 14.3. The van der Waals surface area contributed by atoms with Gasteiger partial charge in [0, 0.05) is 19.0 Å². The fourth-order valence-corrected chi connectivity index (χ4v) is 3.24. The Kier molecular flexibility index (Phi) is 3.33. The molecule has 3 nitrogen and oxygen atoms in total. The van der Waals surface area contributed by atoms with E-state index < -0.39 is 0 Å². The maximum atomic E-state index is 12.2. The highest BCUT2D eigenvalue weighted by atomic mass is 16.2. The van der Waals surface area contributed by atoms with E-state index in [0.29, 0.717) is 17.9 Å². The second-order valence-electron chi connectivity index (χ2n) is 5.37. The third kappa shape index (κ3) is 2.27. The molecular weight excluding hydrogens is 224 g/mol. The summed E-state index contributed by atoms with van der Waals surface area (Å²) in [7, 11) is 0. The van der Waals surface area contributed by atoms with Crippen molar-refractivity contribution in [3.8, 4) is 0 Å². The van der Waals surface area contributed by atoms with E-state index in [1.807, 2.05) is 18.2 Å². The molecule has 2 fully saturated rings. The molecule has 1 aromatic rings. The number of piperidine rings is 2. The molecular formula is C15H20N2O. The lowest BCUT2D eigenvalue weighted by atomic mass is 9.84. The van der Waals surface area contributed by atoms with Crippen molar-refractivity contribution in [1.82, 2.24) is 10.2 Å². The van der Waals surface area contributed by atoms with Gasteiger partial charge in [-0.3, -0.25) is 4.79 Å². The first kappa shape index (κ1) is 11.7. The van der Waals surface area contributed by atoms with Gasteiger partial charge in [0.05, 0.1) is 0 Å². The molecule has 1 amide bonds. The first-order valence-electron chi connectivity index (χ1n) is 6.89. The number of hydrogen-bond donors (Lipinski definition) is 1. The lowest BCUT2D eigenvalue weighted by molar-refractivity contribution is -0.140. The van der Waals surface area contributed by atoms with Crippen molar-refractivity contribution in [2.24, 2.45) is 5.92 Å². The lowest BCUT2D eigenvalue weighted by Gasteiger charge is -2.44. The van der Waals surface area contributed by atoms with Crippen molar-refractivity contribution >= 4 is 5.91 Å². The molecule has 2 atom stereocenters. The number of likely N-dealkylation sites (tertiary alicyclic amines) is 1. The van der Waals surface area contributed by atoms with Crippen molar-refractivity contribution in [3.63, 3.8) is 0 Å². The summed E-state index contributed by atoms with van der Waals surface area (Å²) in [6.45, 7) is 2.89. The number of benzene rings is 1. The molecule has 0 bridgehead atoms. The van der Waals surface area contributed by atoms with Gasteiger partial charge in [-0.2, -0.15) is 0 Å². The number of carbonyl (C=O) groups is 1. The minimum Gasteiger partial charge on any atom is -0.335 e. The number of carbonyl (C=O) groups excluding carboxylic acids is 1. The summed E-state index contributed by atoms with van der Waals surface area (Å²) in [5.41, 5.74) is 1.24. The van der Waals surface area contributed by atoms with E-state index in [0.717, 1.165) is 38.9 Å². The molecule has 2 aliphatic rings. The predicted molar refractivity (Wildman–Crippen MR) is 71.0 cm³/mol. The summed E-state index contributed by atoms with van der Waals surface area (Å²) < 4.78 is 0. The van der Waals surface area contributed by atoms with Crippen LogP contribution in [0.1, 0.15) is 24.8 Å². The molecule has 3 heteroatoms. The molecule has 0 radical (unpaired) electrons. The second kappa shape index (κ2) is 5.11. The van der Waals surface area contributed by atoms with Gasteiger partial charge in [0.1, 0.15) is 0 Å². The van der Waals surface area contributed by atoms with E-state index in [-0.39, 0.29) is 0 Å². The van der Waals surface area contributed by atoms with Gasteiger partial charge >= 0.3 is 0 Å². The van der Waals surface area contributed by atoms with Gasteiger partial charge in [-0.25, -0.2) is 0 Å². The average Bonchev–Trinajstić information content (AvgIpc) is 2.43. The fourth-order valence-electron chi connectivity index (χ4n) is 3.24. The Hall–Kier alpha value is -1.35. The van der Waals surface area contributed by atoms with Gasteiger partial charge in [0.25, 0.3) is 0 Å². The average molecular weight is 244 g/mol. The van der Waals surface area contributed by atoms with Gasteiger partial charge in [-0.15, -0.1) is 0 Å². The molecule has 3 rings (SSSR count). The zero-order valence-corrected chi connectivity index (χ0v) is 10.6. The van der Waals surface area contributed by atoms with Crippen molar-refractivity contribution in [1.29, 1.82) is 0 Å². The number of nitrogens with zero attached hydrogens (tertiary/aromatic N) is 1. The quantitative estimate of drug-likeness (QED) is 0.860. The Morgan fingerprint density at radius 3 is 2.89 bits per heavy atom. The number of hydrogen-bond acceptors (Lipinski definition) is 2. The monoisotopic (exact) mass is 244 g/mol. The Morgan fingerprint density at radius 1 is 1.22 bits per heavy atom. The fraction of sp³-hybridized carbons (Fsp3) is 0.533. The Bertz CT molecular complexity index is 418. The molecule has 2 heterocycles. The van der Waals surface area contributed by atoms with Crippen molar-refractivity contribution < 1.29 is 4.79 Å². The van der Waals surface area contributed by atoms with Crippen LogP contribution in [-0.2, 0) is 11.3 Å². The van der Waals surface area contributed by atoms with E-state index >= 15 is 0 Å². The van der Waals surface area contributed by atoms with Crippen LogP contribution in [0.25, 0.3) is 0 Å². The van der Waals surface area contributed by atoms with Gasteiger partial charge in [-0.05, 0) is 37.4 Å². The molecule has 2 unspecified atom stereocenters. The number of fused-ring (bicyclic) bond motifs is 1. The molecule has 0 aromatic heterocycles. The summed E-state index contributed by atoms with van der Waals surface area (Å²) >= 11 is 0. The van der Waals surface area contributed by atoms with Gasteiger partial charge in [0.15, 0.2) is 0 Å². The third-order valence-corrected chi connectivity index (χ3v) is 4.21. The molecule has 96 valence electrons. The lowest BCUT2D eigenvalue weighted by Crippen LogP contribution is -2.54. The van der Waals surface area contributed by atoms with E-state index in [9.17, 15) is 4.79 Å². The van der Waals surface area contributed by atoms with Gasteiger partial charge in [0.2, 0.25) is 5.91 Å². The number of nitrogens with one attached hydrogen (secondary N) is 1. The Morgan fingerprint density at radius 2 is 2.06 bits per heavy atom. The topological polar surface area (TPSA) is 32.3 Å². The highest BCUT2D eigenvalue weighted by Crippen LogP contribution is 2.29. The van der Waals surface area contributed by atoms with Crippen LogP contribution < -0.4 is 5.32 Å². The molecule has 0 aliphatic carbocycles. The zero-order valence-electron chi connectivity index (χ0n) is 10.6. The maximum absolute atomic E-state index is 12.2. The van der Waals surface area contributed by atoms with Gasteiger partial charge < -0.3 is 10.2 Å². The summed E-state index contributed by atoms with van der Waals surface area (Å²) in [6, 6.07) is 10.8. The van der Waals surface area contributed by atoms with Crippen molar-refractivity contribution in [2.75, 3.05) is 13.1 Å². The second-order valence-corrected chi connectivity index (χ2v) is 5.37. The molecule has 0 spiro atoms. The van der Waals surface area contributed by atoms with Crippen LogP contribution in [0.5, 0.6) is 0 Å². The SMILES string of the molecule is O=C1CCC2CNCCC2N1Cc1ccccc1. The summed E-state index contributed by atoms with van der Waals surface area (Å²) in [6.07, 6.45) is 2.88. The molecule has 0 saturated carbocycles. The Labute approximate surface area is 108 Å². The first-order chi connectivity index (χ1) is 8.84. The number of rotatable bonds is 2. The normalized spacial score (nSPS) is 28.0. The summed E-state index contributed by atoms with van der Waals surface area (Å²) in [5.74, 6) is 0.988. The van der Waals surface area contributed by atoms with Crippen LogP contribution in [0.3, 0.4) is 0 Å². The van der Waals surface area contributed by atoms with E-state index in [1.54, 1.807) is 0 Å². The first-order valence-corrected chi connectivity index (χ1v) is 6.89. The van der Waals surface area contributed by atoms with Crippen LogP contribution in [0, 0.1) is 5.92 Å². The van der Waals surface area contributed by atoms with Crippen LogP contribution >= 0.6 is 0 Å². The minimum atomic E-state index is 0.335. The molecule has 1 N–H and O–H groups in total. The standard InChI is InChI=1S/C15H20N2O/c18-15-7-6-13-10-16-9-8-14(13)17(15)11-12-4-2-1-3-5-12/h1-5,13-14,16H,6-11H2. The smallest absolute Gasteiger partial charge is 0.223 e. The van der Waals surface area contributed by atoms with Crippen molar-refractivity contribution in [3.05, 3.63) is 35.9 Å². The minimum absolute atomic E-state index is 0.335. The van der Waals surface area contributed by atoms with Crippen LogP contribution in [0.15, 0.2) is 30.3 Å².